The van der Waals surface area contributed by atoms with Crippen LogP contribution >= 0.6 is 0 Å². The minimum Gasteiger partial charge on any atom is -0.389 e. The molecule has 0 spiro atoms. The minimum atomic E-state index is -0.969. The normalized spacial score (nSPS) is 11.4. The van der Waals surface area contributed by atoms with Crippen molar-refractivity contribution in [3.63, 3.8) is 0 Å². The second-order valence-electron chi connectivity index (χ2n) is 7.33. The van der Waals surface area contributed by atoms with E-state index in [1.165, 1.54) is 0 Å². The Morgan fingerprint density at radius 2 is 1.68 bits per heavy atom. The lowest BCUT2D eigenvalue weighted by Gasteiger charge is -2.30. The molecule has 25 heavy (non-hydrogen) atoms. The molecular formula is C21H28N2O2. The van der Waals surface area contributed by atoms with Crippen LogP contribution in [0.1, 0.15) is 44.7 Å². The van der Waals surface area contributed by atoms with Crippen molar-refractivity contribution in [3.8, 4) is 0 Å². The fraction of sp³-hybridized carbons (Fsp3) is 0.381. The van der Waals surface area contributed by atoms with E-state index in [9.17, 15) is 9.90 Å². The van der Waals surface area contributed by atoms with Crippen LogP contribution in [-0.4, -0.2) is 28.2 Å². The molecule has 0 heterocycles. The van der Waals surface area contributed by atoms with Gasteiger partial charge in [0.15, 0.2) is 0 Å². The lowest BCUT2D eigenvalue weighted by molar-refractivity contribution is 0.0469. The van der Waals surface area contributed by atoms with Gasteiger partial charge >= 0.3 is 6.03 Å². The Balaban J connectivity index is 2.20. The van der Waals surface area contributed by atoms with Crippen LogP contribution in [0.25, 0.3) is 0 Å². The number of carbonyl (C=O) groups excluding carboxylic acids is 1. The van der Waals surface area contributed by atoms with E-state index in [-0.39, 0.29) is 12.6 Å². The molecule has 2 N–H and O–H groups in total. The average Bonchev–Trinajstić information content (AvgIpc) is 2.54. The van der Waals surface area contributed by atoms with E-state index in [1.54, 1.807) is 18.7 Å². The lowest BCUT2D eigenvalue weighted by Crippen LogP contribution is -2.43. The summed E-state index contributed by atoms with van der Waals surface area (Å²) in [7, 11) is 0. The standard InChI is InChI=1S/C21H28N2O2/c1-16(2)18-12-8-9-13-19(18)22-20(24)23(15-21(3,4)25)14-17-10-6-5-7-11-17/h5-13,16,25H,14-15H2,1-4H3,(H,22,24). The van der Waals surface area contributed by atoms with Crippen molar-refractivity contribution in [2.24, 2.45) is 0 Å². The van der Waals surface area contributed by atoms with Gasteiger partial charge in [-0.1, -0.05) is 62.4 Å². The first kappa shape index (κ1) is 19.0. The maximum absolute atomic E-state index is 12.9. The van der Waals surface area contributed by atoms with Crippen molar-refractivity contribution in [3.05, 3.63) is 65.7 Å². The van der Waals surface area contributed by atoms with Crippen molar-refractivity contribution >= 4 is 11.7 Å². The third kappa shape index (κ3) is 5.91. The summed E-state index contributed by atoms with van der Waals surface area (Å²) >= 11 is 0. The molecule has 2 rings (SSSR count). The summed E-state index contributed by atoms with van der Waals surface area (Å²) < 4.78 is 0. The number of aliphatic hydroxyl groups is 1. The van der Waals surface area contributed by atoms with Crippen LogP contribution in [-0.2, 0) is 6.54 Å². The maximum Gasteiger partial charge on any atom is 0.322 e. The van der Waals surface area contributed by atoms with Gasteiger partial charge in [-0.2, -0.15) is 0 Å². The fourth-order valence-electron chi connectivity index (χ4n) is 2.78. The third-order valence-corrected chi connectivity index (χ3v) is 3.91. The molecule has 0 bridgehead atoms. The minimum absolute atomic E-state index is 0.209. The topological polar surface area (TPSA) is 52.6 Å². The van der Waals surface area contributed by atoms with Gasteiger partial charge in [0.25, 0.3) is 0 Å². The van der Waals surface area contributed by atoms with E-state index in [0.29, 0.717) is 12.5 Å². The van der Waals surface area contributed by atoms with Crippen LogP contribution in [0.4, 0.5) is 10.5 Å². The first-order valence-corrected chi connectivity index (χ1v) is 8.67. The number of amides is 2. The van der Waals surface area contributed by atoms with Gasteiger partial charge in [-0.25, -0.2) is 4.79 Å². The van der Waals surface area contributed by atoms with Crippen molar-refractivity contribution in [1.29, 1.82) is 0 Å². The number of nitrogens with zero attached hydrogens (tertiary/aromatic N) is 1. The van der Waals surface area contributed by atoms with Gasteiger partial charge in [0, 0.05) is 12.2 Å². The number of urea groups is 1. The summed E-state index contributed by atoms with van der Waals surface area (Å²) in [6.45, 7) is 8.31. The molecule has 0 aliphatic rings. The number of anilines is 1. The fourth-order valence-corrected chi connectivity index (χ4v) is 2.78. The maximum atomic E-state index is 12.9. The first-order chi connectivity index (χ1) is 11.8. The molecule has 4 heteroatoms. The summed E-state index contributed by atoms with van der Waals surface area (Å²) in [5.74, 6) is 0.313. The van der Waals surface area contributed by atoms with Gasteiger partial charge in [0.2, 0.25) is 0 Å². The number of rotatable bonds is 6. The summed E-state index contributed by atoms with van der Waals surface area (Å²) in [5.41, 5.74) is 1.97. The summed E-state index contributed by atoms with van der Waals surface area (Å²) in [5, 5.41) is 13.2. The summed E-state index contributed by atoms with van der Waals surface area (Å²) in [4.78, 5) is 14.5. The Labute approximate surface area is 150 Å². The molecule has 0 atom stereocenters. The van der Waals surface area contributed by atoms with Gasteiger partial charge < -0.3 is 15.3 Å². The Morgan fingerprint density at radius 3 is 2.28 bits per heavy atom. The molecule has 4 nitrogen and oxygen atoms in total. The van der Waals surface area contributed by atoms with Crippen molar-refractivity contribution < 1.29 is 9.90 Å². The highest BCUT2D eigenvalue weighted by molar-refractivity contribution is 5.90. The Hall–Kier alpha value is -2.33. The smallest absolute Gasteiger partial charge is 0.322 e. The first-order valence-electron chi connectivity index (χ1n) is 8.67. The van der Waals surface area contributed by atoms with Crippen LogP contribution in [0.5, 0.6) is 0 Å². The van der Waals surface area contributed by atoms with Crippen LogP contribution in [0.2, 0.25) is 0 Å². The zero-order valence-corrected chi connectivity index (χ0v) is 15.5. The van der Waals surface area contributed by atoms with Crippen LogP contribution in [0.15, 0.2) is 54.6 Å². The molecule has 0 saturated carbocycles. The van der Waals surface area contributed by atoms with E-state index in [0.717, 1.165) is 16.8 Å². The number of carbonyl (C=O) groups is 1. The SMILES string of the molecule is CC(C)c1ccccc1NC(=O)N(Cc1ccccc1)CC(C)(C)O. The number of benzene rings is 2. The number of para-hydroxylation sites is 1. The van der Waals surface area contributed by atoms with Gasteiger partial charge in [-0.3, -0.25) is 0 Å². The average molecular weight is 340 g/mol. The zero-order valence-electron chi connectivity index (χ0n) is 15.5. The number of hydrogen-bond donors (Lipinski definition) is 2. The highest BCUT2D eigenvalue weighted by Gasteiger charge is 2.23. The van der Waals surface area contributed by atoms with Crippen LogP contribution < -0.4 is 5.32 Å². The summed E-state index contributed by atoms with van der Waals surface area (Å²) in [6.07, 6.45) is 0. The quantitative estimate of drug-likeness (QED) is 0.806. The van der Waals surface area contributed by atoms with E-state index in [4.69, 9.17) is 0 Å². The molecule has 0 radical (unpaired) electrons. The molecule has 0 fully saturated rings. The second kappa shape index (κ2) is 8.17. The van der Waals surface area contributed by atoms with Gasteiger partial charge in [-0.05, 0) is 37.0 Å². The molecule has 0 unspecified atom stereocenters. The lowest BCUT2D eigenvalue weighted by atomic mass is 10.0. The van der Waals surface area contributed by atoms with Crippen LogP contribution in [0, 0.1) is 0 Å². The highest BCUT2D eigenvalue weighted by atomic mass is 16.3. The Bertz CT molecular complexity index is 691. The molecule has 2 aromatic carbocycles. The van der Waals surface area contributed by atoms with Gasteiger partial charge in [0.05, 0.1) is 12.1 Å². The molecule has 2 aromatic rings. The van der Waals surface area contributed by atoms with E-state index in [2.05, 4.69) is 19.2 Å². The number of nitrogens with one attached hydrogen (secondary N) is 1. The molecule has 0 saturated heterocycles. The van der Waals surface area contributed by atoms with E-state index >= 15 is 0 Å². The van der Waals surface area contributed by atoms with Crippen LogP contribution in [0.3, 0.4) is 0 Å². The van der Waals surface area contributed by atoms with Gasteiger partial charge in [0.1, 0.15) is 0 Å². The number of hydrogen-bond acceptors (Lipinski definition) is 2. The largest absolute Gasteiger partial charge is 0.389 e. The third-order valence-electron chi connectivity index (χ3n) is 3.91. The van der Waals surface area contributed by atoms with Crippen molar-refractivity contribution in [2.75, 3.05) is 11.9 Å². The molecule has 0 aliphatic heterocycles. The molecule has 2 amide bonds. The van der Waals surface area contributed by atoms with Gasteiger partial charge in [-0.15, -0.1) is 0 Å². The predicted molar refractivity (Wildman–Crippen MR) is 103 cm³/mol. The zero-order chi connectivity index (χ0) is 18.4. The Morgan fingerprint density at radius 1 is 1.08 bits per heavy atom. The monoisotopic (exact) mass is 340 g/mol. The second-order valence-corrected chi connectivity index (χ2v) is 7.33. The molecule has 134 valence electrons. The van der Waals surface area contributed by atoms with E-state index < -0.39 is 5.60 Å². The van der Waals surface area contributed by atoms with Crippen molar-refractivity contribution in [2.45, 2.75) is 45.8 Å². The highest BCUT2D eigenvalue weighted by Crippen LogP contribution is 2.24. The van der Waals surface area contributed by atoms with Crippen molar-refractivity contribution in [1.82, 2.24) is 4.90 Å². The molecular weight excluding hydrogens is 312 g/mol. The Kier molecular flexibility index (Phi) is 6.21. The van der Waals surface area contributed by atoms with E-state index in [1.807, 2.05) is 54.6 Å². The molecule has 0 aliphatic carbocycles. The molecule has 0 aromatic heterocycles. The predicted octanol–water partition coefficient (Wildman–Crippen LogP) is 4.62. The summed E-state index contributed by atoms with van der Waals surface area (Å²) in [6, 6.07) is 17.4.